The molecule has 3 aromatic heterocycles. The van der Waals surface area contributed by atoms with Crippen molar-refractivity contribution >= 4 is 164 Å². The van der Waals surface area contributed by atoms with Crippen LogP contribution in [0, 0.1) is 33.5 Å². The van der Waals surface area contributed by atoms with E-state index in [1.807, 2.05) is 72.8 Å². The SMILES string of the molecule is Cc1cc(N(c2ccccc2)c2c(F)cc(-c3ccccc3)cc2-c2ccccc2)c2ccc3c(C)c4c(c5ccc1c2c35)c1ccccc1n4-c1ccccc1.Cc1cc(N(c2ccccc2-c2ccccc2)c2cccc3c2oc2ccccc23)c2ccc3c(C)c4c(c5ccc1c2c35)c1ccccc1n4-c1ccccc1. The molecule has 0 bridgehead atoms. The quantitative estimate of drug-likeness (QED) is 0.121. The summed E-state index contributed by atoms with van der Waals surface area (Å²) in [6.07, 6.45) is 0. The lowest BCUT2D eigenvalue weighted by atomic mass is 9.87. The average Bonchev–Trinajstić information content (AvgIpc) is 1.39. The van der Waals surface area contributed by atoms with Gasteiger partial charge in [-0.25, -0.2) is 4.39 Å². The van der Waals surface area contributed by atoms with Crippen molar-refractivity contribution in [2.45, 2.75) is 27.7 Å². The van der Waals surface area contributed by atoms with E-state index >= 15 is 4.39 Å². The summed E-state index contributed by atoms with van der Waals surface area (Å²) in [6, 6.07) is 131. The third-order valence-electron chi connectivity index (χ3n) is 24.1. The van der Waals surface area contributed by atoms with Gasteiger partial charge in [-0.1, -0.05) is 279 Å². The molecule has 23 rings (SSSR count). The van der Waals surface area contributed by atoms with Gasteiger partial charge in [0.1, 0.15) is 11.4 Å². The monoisotopic (exact) mass is 1460 g/mol. The van der Waals surface area contributed by atoms with Crippen LogP contribution in [0.3, 0.4) is 0 Å². The highest BCUT2D eigenvalue weighted by atomic mass is 19.1. The van der Waals surface area contributed by atoms with E-state index in [4.69, 9.17) is 4.42 Å². The third-order valence-corrected chi connectivity index (χ3v) is 24.1. The van der Waals surface area contributed by atoms with Gasteiger partial charge in [-0.3, -0.25) is 0 Å². The van der Waals surface area contributed by atoms with E-state index < -0.39 is 0 Å². The van der Waals surface area contributed by atoms with Crippen molar-refractivity contribution in [1.29, 1.82) is 0 Å². The molecule has 20 aromatic carbocycles. The summed E-state index contributed by atoms with van der Waals surface area (Å²) < 4.78 is 29.2. The number of anilines is 6. The molecule has 3 heterocycles. The molecular weight excluding hydrogens is 1390 g/mol. The fourth-order valence-corrected chi connectivity index (χ4v) is 19.1. The Morgan fingerprint density at radius 2 is 0.667 bits per heavy atom. The first-order valence-electron chi connectivity index (χ1n) is 39.3. The molecule has 0 spiro atoms. The molecule has 0 atom stereocenters. The topological polar surface area (TPSA) is 29.5 Å². The lowest BCUT2D eigenvalue weighted by molar-refractivity contribution is 0.630. The smallest absolute Gasteiger partial charge is 0.159 e. The number of benzene rings is 20. The van der Waals surface area contributed by atoms with Crippen molar-refractivity contribution in [3.05, 3.63) is 398 Å². The Labute approximate surface area is 658 Å². The van der Waals surface area contributed by atoms with Crippen molar-refractivity contribution in [2.24, 2.45) is 0 Å². The van der Waals surface area contributed by atoms with Gasteiger partial charge >= 0.3 is 0 Å². The van der Waals surface area contributed by atoms with Gasteiger partial charge in [0.15, 0.2) is 5.58 Å². The normalized spacial score (nSPS) is 11.9. The lowest BCUT2D eigenvalue weighted by Gasteiger charge is -2.31. The van der Waals surface area contributed by atoms with Crippen LogP contribution < -0.4 is 9.80 Å². The van der Waals surface area contributed by atoms with Crippen molar-refractivity contribution in [1.82, 2.24) is 9.13 Å². The number of aromatic nitrogens is 2. The molecule has 0 radical (unpaired) electrons. The first-order valence-corrected chi connectivity index (χ1v) is 39.3. The fraction of sp³-hybridized carbons (Fsp3) is 0.0370. The highest BCUT2D eigenvalue weighted by molar-refractivity contribution is 6.37. The van der Waals surface area contributed by atoms with Crippen LogP contribution >= 0.6 is 0 Å². The van der Waals surface area contributed by atoms with E-state index in [9.17, 15) is 0 Å². The molecule has 538 valence electrons. The van der Waals surface area contributed by atoms with Gasteiger partial charge in [0.2, 0.25) is 0 Å². The summed E-state index contributed by atoms with van der Waals surface area (Å²) in [4.78, 5) is 4.60. The van der Waals surface area contributed by atoms with Crippen molar-refractivity contribution in [3.8, 4) is 44.8 Å². The van der Waals surface area contributed by atoms with Crippen LogP contribution in [0.15, 0.2) is 374 Å². The molecule has 0 aliphatic carbocycles. The Morgan fingerprint density at radius 1 is 0.263 bits per heavy atom. The van der Waals surface area contributed by atoms with Gasteiger partial charge in [-0.05, 0) is 217 Å². The van der Waals surface area contributed by atoms with Crippen LogP contribution in [-0.2, 0) is 0 Å². The van der Waals surface area contributed by atoms with Crippen LogP contribution in [0.1, 0.15) is 22.3 Å². The molecule has 0 aliphatic rings. The molecular formula is C108H73FN4O. The molecule has 23 aromatic rings. The van der Waals surface area contributed by atoms with Gasteiger partial charge in [0.05, 0.1) is 50.5 Å². The van der Waals surface area contributed by atoms with Crippen LogP contribution in [0.5, 0.6) is 0 Å². The summed E-state index contributed by atoms with van der Waals surface area (Å²) in [5, 5.41) is 22.1. The Balaban J connectivity index is 0.000000139. The number of fused-ring (bicyclic) bond motifs is 11. The second kappa shape index (κ2) is 26.3. The molecule has 0 unspecified atom stereocenters. The summed E-state index contributed by atoms with van der Waals surface area (Å²) in [5.41, 5.74) is 25.3. The fourth-order valence-electron chi connectivity index (χ4n) is 19.1. The Hall–Kier alpha value is -14.6. The molecule has 0 saturated carbocycles. The van der Waals surface area contributed by atoms with E-state index in [0.29, 0.717) is 5.69 Å². The first-order chi connectivity index (χ1) is 56.2. The Kier molecular flexibility index (Phi) is 15.3. The van der Waals surface area contributed by atoms with E-state index in [2.05, 4.69) is 338 Å². The number of furan rings is 1. The van der Waals surface area contributed by atoms with Gasteiger partial charge < -0.3 is 23.4 Å². The zero-order valence-electron chi connectivity index (χ0n) is 63.3. The maximum Gasteiger partial charge on any atom is 0.159 e. The second-order valence-electron chi connectivity index (χ2n) is 30.4. The van der Waals surface area contributed by atoms with E-state index in [1.165, 1.54) is 125 Å². The zero-order valence-corrected chi connectivity index (χ0v) is 63.3. The van der Waals surface area contributed by atoms with Crippen molar-refractivity contribution < 1.29 is 8.81 Å². The Morgan fingerprint density at radius 3 is 1.22 bits per heavy atom. The Bertz CT molecular complexity index is 7760. The number of aryl methyl sites for hydroxylation is 4. The minimum absolute atomic E-state index is 0.284. The number of halogens is 1. The molecule has 0 amide bonds. The maximum atomic E-state index is 17.5. The summed E-state index contributed by atoms with van der Waals surface area (Å²) in [6.45, 7) is 9.04. The van der Waals surface area contributed by atoms with Gasteiger partial charge in [-0.15, -0.1) is 0 Å². The molecule has 114 heavy (non-hydrogen) atoms. The van der Waals surface area contributed by atoms with Crippen molar-refractivity contribution in [3.63, 3.8) is 0 Å². The van der Waals surface area contributed by atoms with Gasteiger partial charge in [0, 0.05) is 71.3 Å². The van der Waals surface area contributed by atoms with E-state index in [-0.39, 0.29) is 5.82 Å². The highest BCUT2D eigenvalue weighted by Crippen LogP contribution is 2.55. The van der Waals surface area contributed by atoms with Crippen molar-refractivity contribution in [2.75, 3.05) is 9.80 Å². The molecule has 0 aliphatic heterocycles. The number of rotatable bonds is 11. The standard InChI is InChI=1S/C54H37FN2.C54H36N2O/c1-34-31-49(57(40-23-13-6-14-24-40)54-46(37-19-9-4-10-20-37)32-38(33-47(54)55)36-17-7-3-8-18-36)44-29-28-42-35(2)53-52(45-30-27-41(34)50(44)51(42)45)43-25-15-16-26-48(43)56(53)39-21-11-5-12-22-39;1-33-32-48(56(45-24-12-9-20-39(45)35-16-5-3-6-17-35)47-26-15-23-41-40-21-11-14-27-49(40)57-54(41)47)43-30-29-38-34(2)53-52(44-31-28-37(33)50(43)51(38)44)42-22-10-13-25-46(42)55(53)36-18-7-4-8-19-36/h3-33H,1-2H3;3-32H,1-2H3. The number of nitrogens with zero attached hydrogens (tertiary/aromatic N) is 4. The third kappa shape index (κ3) is 10.1. The number of hydrogen-bond acceptors (Lipinski definition) is 3. The summed E-state index contributed by atoms with van der Waals surface area (Å²) in [7, 11) is 0. The zero-order chi connectivity index (χ0) is 76.0. The van der Waals surface area contributed by atoms with Crippen LogP contribution in [0.2, 0.25) is 0 Å². The van der Waals surface area contributed by atoms with Gasteiger partial charge in [0.25, 0.3) is 0 Å². The minimum Gasteiger partial charge on any atom is -0.454 e. The lowest BCUT2D eigenvalue weighted by Crippen LogP contribution is -2.14. The van der Waals surface area contributed by atoms with Crippen LogP contribution in [0.25, 0.3) is 175 Å². The first kappa shape index (κ1) is 66.4. The molecule has 6 heteroatoms. The molecule has 0 fully saturated rings. The minimum atomic E-state index is -0.284. The summed E-state index contributed by atoms with van der Waals surface area (Å²) in [5.74, 6) is -0.284. The number of hydrogen-bond donors (Lipinski definition) is 0. The molecule has 0 saturated heterocycles. The van der Waals surface area contributed by atoms with Gasteiger partial charge in [-0.2, -0.15) is 0 Å². The van der Waals surface area contributed by atoms with E-state index in [0.717, 1.165) is 100 Å². The largest absolute Gasteiger partial charge is 0.454 e. The predicted molar refractivity (Wildman–Crippen MR) is 481 cm³/mol. The average molecular weight is 1460 g/mol. The van der Waals surface area contributed by atoms with Crippen LogP contribution in [0.4, 0.5) is 38.5 Å². The number of para-hydroxylation sites is 8. The molecule has 0 N–H and O–H groups in total. The second-order valence-corrected chi connectivity index (χ2v) is 30.4. The van der Waals surface area contributed by atoms with E-state index in [1.54, 1.807) is 6.07 Å². The predicted octanol–water partition coefficient (Wildman–Crippen LogP) is 30.6. The maximum absolute atomic E-state index is 17.5. The molecule has 5 nitrogen and oxygen atoms in total. The summed E-state index contributed by atoms with van der Waals surface area (Å²) >= 11 is 0. The highest BCUT2D eigenvalue weighted by Gasteiger charge is 2.31. The van der Waals surface area contributed by atoms with Crippen LogP contribution in [-0.4, -0.2) is 9.13 Å².